The van der Waals surface area contributed by atoms with Crippen LogP contribution in [0.5, 0.6) is 0 Å². The second-order valence-electron chi connectivity index (χ2n) is 11.0. The molecule has 200 valence electrons. The van der Waals surface area contributed by atoms with Crippen molar-refractivity contribution in [3.8, 4) is 6.07 Å². The zero-order valence-electron chi connectivity index (χ0n) is 21.8. The molecule has 1 amide bonds. The number of primary amides is 1. The third-order valence-electron chi connectivity index (χ3n) is 6.78. The van der Waals surface area contributed by atoms with Crippen LogP contribution in [0.15, 0.2) is 48.8 Å². The maximum Gasteiger partial charge on any atom is 0.245 e. The molecule has 2 heterocycles. The average Bonchev–Trinajstić information content (AvgIpc) is 3.56. The van der Waals surface area contributed by atoms with E-state index in [0.29, 0.717) is 57.9 Å². The van der Waals surface area contributed by atoms with Crippen LogP contribution < -0.4 is 16.4 Å². The van der Waals surface area contributed by atoms with E-state index in [1.807, 2.05) is 6.07 Å². The number of nitrogens with one attached hydrogen (secondary N) is 2. The minimum atomic E-state index is -0.863. The van der Waals surface area contributed by atoms with Crippen LogP contribution in [0.4, 0.5) is 15.8 Å². The van der Waals surface area contributed by atoms with E-state index in [4.69, 9.17) is 17.3 Å². The number of nitrogens with two attached hydrogens (primary N) is 1. The van der Waals surface area contributed by atoms with Gasteiger partial charge in [-0.05, 0) is 48.1 Å². The lowest BCUT2D eigenvalue weighted by molar-refractivity contribution is -0.122. The van der Waals surface area contributed by atoms with Gasteiger partial charge in [-0.3, -0.25) is 9.78 Å². The Morgan fingerprint density at radius 3 is 2.62 bits per heavy atom. The fourth-order valence-corrected chi connectivity index (χ4v) is 4.71. The number of halogens is 2. The van der Waals surface area contributed by atoms with Crippen molar-refractivity contribution >= 4 is 39.8 Å². The molecule has 4 N–H and O–H groups in total. The van der Waals surface area contributed by atoms with Crippen molar-refractivity contribution in [1.29, 1.82) is 5.26 Å². The third-order valence-corrected chi connectivity index (χ3v) is 7.07. The summed E-state index contributed by atoms with van der Waals surface area (Å²) < 4.78 is 15.3. The Morgan fingerprint density at radius 2 is 2.00 bits per heavy atom. The van der Waals surface area contributed by atoms with Crippen LogP contribution in [0, 0.1) is 22.6 Å². The maximum absolute atomic E-state index is 13.8. The Kier molecular flexibility index (Phi) is 6.64. The minimum Gasteiger partial charge on any atom is -0.383 e. The lowest BCUT2D eigenvalue weighted by atomic mass is 9.96. The molecule has 4 aromatic rings. The van der Waals surface area contributed by atoms with Crippen LogP contribution in [-0.4, -0.2) is 32.4 Å². The molecule has 2 aromatic heterocycles. The van der Waals surface area contributed by atoms with Gasteiger partial charge in [-0.25, -0.2) is 9.07 Å². The fraction of sp³-hybridized carbons (Fsp3) is 0.321. The van der Waals surface area contributed by atoms with Crippen molar-refractivity contribution in [2.24, 2.45) is 11.1 Å². The van der Waals surface area contributed by atoms with E-state index in [2.05, 4.69) is 52.8 Å². The van der Waals surface area contributed by atoms with E-state index in [1.165, 1.54) is 23.0 Å². The summed E-state index contributed by atoms with van der Waals surface area (Å²) in [5.41, 5.74) is 8.19. The molecule has 1 atom stereocenters. The second-order valence-corrected chi connectivity index (χ2v) is 11.4. The number of rotatable bonds is 8. The Morgan fingerprint density at radius 1 is 1.28 bits per heavy atom. The number of benzene rings is 2. The van der Waals surface area contributed by atoms with Gasteiger partial charge in [-0.15, -0.1) is 5.10 Å². The van der Waals surface area contributed by atoms with E-state index in [0.717, 1.165) is 5.56 Å². The summed E-state index contributed by atoms with van der Waals surface area (Å²) in [7, 11) is 0. The number of nitriles is 1. The molecule has 1 fully saturated rings. The summed E-state index contributed by atoms with van der Waals surface area (Å²) in [6, 6.07) is 11.3. The van der Waals surface area contributed by atoms with E-state index in [1.54, 1.807) is 24.4 Å². The Hall–Kier alpha value is -4.23. The van der Waals surface area contributed by atoms with Crippen LogP contribution >= 0.6 is 11.6 Å². The van der Waals surface area contributed by atoms with Crippen molar-refractivity contribution in [3.63, 3.8) is 0 Å². The van der Waals surface area contributed by atoms with Gasteiger partial charge in [0, 0.05) is 23.8 Å². The zero-order valence-corrected chi connectivity index (χ0v) is 22.6. The SMILES string of the molecule is CC(C)(C)CNc1c(C#N)cnc2c(Cl)cc(NC(c3ccc(F)cc3)c3cn(C4(C(N)=O)CC4)nn3)cc12. The van der Waals surface area contributed by atoms with Crippen LogP contribution in [0.25, 0.3) is 10.9 Å². The highest BCUT2D eigenvalue weighted by molar-refractivity contribution is 6.35. The van der Waals surface area contributed by atoms with Crippen molar-refractivity contribution in [3.05, 3.63) is 76.5 Å². The van der Waals surface area contributed by atoms with Crippen LogP contribution in [0.2, 0.25) is 5.02 Å². The summed E-state index contributed by atoms with van der Waals surface area (Å²) in [6.45, 7) is 6.92. The Balaban J connectivity index is 1.58. The molecule has 1 unspecified atom stereocenters. The number of carbonyl (C=O) groups is 1. The van der Waals surface area contributed by atoms with Crippen LogP contribution in [-0.2, 0) is 10.3 Å². The van der Waals surface area contributed by atoms with E-state index >= 15 is 0 Å². The molecule has 39 heavy (non-hydrogen) atoms. The quantitative estimate of drug-likeness (QED) is 0.279. The summed E-state index contributed by atoms with van der Waals surface area (Å²) in [4.78, 5) is 16.5. The Bertz CT molecular complexity index is 1600. The Labute approximate surface area is 230 Å². The highest BCUT2D eigenvalue weighted by Crippen LogP contribution is 2.43. The van der Waals surface area contributed by atoms with Crippen LogP contribution in [0.3, 0.4) is 0 Å². The number of amides is 1. The fourth-order valence-electron chi connectivity index (χ4n) is 4.45. The molecule has 0 radical (unpaired) electrons. The highest BCUT2D eigenvalue weighted by atomic mass is 35.5. The molecule has 0 bridgehead atoms. The predicted molar refractivity (Wildman–Crippen MR) is 148 cm³/mol. The van der Waals surface area contributed by atoms with E-state index in [-0.39, 0.29) is 11.2 Å². The molecule has 0 saturated heterocycles. The van der Waals surface area contributed by atoms with Crippen molar-refractivity contribution in [1.82, 2.24) is 20.0 Å². The summed E-state index contributed by atoms with van der Waals surface area (Å²) in [5.74, 6) is -0.826. The lowest BCUT2D eigenvalue weighted by Gasteiger charge is -2.22. The van der Waals surface area contributed by atoms with Gasteiger partial charge in [-0.2, -0.15) is 5.26 Å². The molecule has 0 aliphatic heterocycles. The number of anilines is 2. The van der Waals surface area contributed by atoms with Gasteiger partial charge >= 0.3 is 0 Å². The summed E-state index contributed by atoms with van der Waals surface area (Å²) >= 11 is 6.68. The van der Waals surface area contributed by atoms with Gasteiger partial charge in [0.15, 0.2) is 0 Å². The van der Waals surface area contributed by atoms with E-state index < -0.39 is 17.5 Å². The van der Waals surface area contributed by atoms with Crippen molar-refractivity contribution in [2.75, 3.05) is 17.2 Å². The highest BCUT2D eigenvalue weighted by Gasteiger charge is 2.52. The average molecular weight is 547 g/mol. The first-order chi connectivity index (χ1) is 18.5. The van der Waals surface area contributed by atoms with Crippen molar-refractivity contribution < 1.29 is 9.18 Å². The molecule has 5 rings (SSSR count). The normalized spacial score (nSPS) is 15.0. The standard InChI is InChI=1S/C28H28ClFN8O/c1-27(2,3)15-34-23-17(12-31)13-33-25-20(23)10-19(11-21(25)29)35-24(16-4-6-18(30)7-5-16)22-14-38(37-36-22)28(8-9-28)26(32)39/h4-7,10-11,13-14,24,35H,8-9,15H2,1-3H3,(H2,32,39)(H,33,34). The number of carbonyl (C=O) groups excluding carboxylic acids is 1. The summed E-state index contributed by atoms with van der Waals surface area (Å²) in [6.07, 6.45) is 4.39. The first-order valence-corrected chi connectivity index (χ1v) is 12.9. The van der Waals surface area contributed by atoms with Gasteiger partial charge in [0.25, 0.3) is 0 Å². The third kappa shape index (κ3) is 5.22. The zero-order chi connectivity index (χ0) is 27.9. The first-order valence-electron chi connectivity index (χ1n) is 12.5. The molecule has 9 nitrogen and oxygen atoms in total. The van der Waals surface area contributed by atoms with Gasteiger partial charge in [-0.1, -0.05) is 49.7 Å². The maximum atomic E-state index is 13.8. The molecular weight excluding hydrogens is 519 g/mol. The smallest absolute Gasteiger partial charge is 0.245 e. The second kappa shape index (κ2) is 9.82. The molecule has 11 heteroatoms. The lowest BCUT2D eigenvalue weighted by Crippen LogP contribution is -2.34. The molecule has 1 saturated carbocycles. The molecular formula is C28H28ClFN8O. The van der Waals surface area contributed by atoms with Gasteiger partial charge < -0.3 is 16.4 Å². The van der Waals surface area contributed by atoms with Gasteiger partial charge in [0.05, 0.1) is 34.0 Å². The number of hydrogen-bond acceptors (Lipinski definition) is 7. The van der Waals surface area contributed by atoms with Crippen LogP contribution in [0.1, 0.15) is 56.5 Å². The van der Waals surface area contributed by atoms with Gasteiger partial charge in [0.2, 0.25) is 5.91 Å². The minimum absolute atomic E-state index is 0.0364. The topological polar surface area (TPSA) is 135 Å². The predicted octanol–water partition coefficient (Wildman–Crippen LogP) is 5.12. The number of hydrogen-bond donors (Lipinski definition) is 3. The molecule has 2 aromatic carbocycles. The number of aromatic nitrogens is 4. The number of pyridine rings is 1. The van der Waals surface area contributed by atoms with Crippen molar-refractivity contribution in [2.45, 2.75) is 45.2 Å². The molecule has 0 spiro atoms. The molecule has 1 aliphatic carbocycles. The van der Waals surface area contributed by atoms with E-state index in [9.17, 15) is 14.4 Å². The molecule has 1 aliphatic rings. The van der Waals surface area contributed by atoms with Gasteiger partial charge in [0.1, 0.15) is 23.1 Å². The largest absolute Gasteiger partial charge is 0.383 e. The number of fused-ring (bicyclic) bond motifs is 1. The monoisotopic (exact) mass is 546 g/mol. The number of nitrogens with zero attached hydrogens (tertiary/aromatic N) is 5. The first kappa shape index (κ1) is 26.4. The summed E-state index contributed by atoms with van der Waals surface area (Å²) in [5, 5.41) is 26.2.